The molecule has 4 rings (SSSR count). The third kappa shape index (κ3) is 2.72. The number of nitrogens with zero attached hydrogens (tertiary/aromatic N) is 4. The van der Waals surface area contributed by atoms with E-state index in [9.17, 15) is 0 Å². The number of ether oxygens (including phenoxy) is 1. The van der Waals surface area contributed by atoms with Crippen molar-refractivity contribution in [2.24, 2.45) is 0 Å². The average molecular weight is 292 g/mol. The maximum atomic E-state index is 5.81. The first-order valence-corrected chi connectivity index (χ1v) is 8.09. The highest BCUT2D eigenvalue weighted by molar-refractivity contribution is 5.01. The molecule has 1 saturated carbocycles. The van der Waals surface area contributed by atoms with Gasteiger partial charge in [0.15, 0.2) is 0 Å². The van der Waals surface area contributed by atoms with Crippen LogP contribution >= 0.6 is 0 Å². The molecule has 6 heteroatoms. The molecule has 2 aliphatic heterocycles. The van der Waals surface area contributed by atoms with E-state index in [0.29, 0.717) is 5.92 Å². The van der Waals surface area contributed by atoms with Crippen molar-refractivity contribution in [3.05, 3.63) is 11.8 Å². The van der Waals surface area contributed by atoms with Gasteiger partial charge in [-0.1, -0.05) is 0 Å². The predicted molar refractivity (Wildman–Crippen MR) is 77.0 cm³/mol. The summed E-state index contributed by atoms with van der Waals surface area (Å²) in [7, 11) is 2.25. The zero-order valence-electron chi connectivity index (χ0n) is 12.8. The fraction of sp³-hybridized carbons (Fsp3) is 0.867. The monoisotopic (exact) mass is 292 g/mol. The van der Waals surface area contributed by atoms with Crippen LogP contribution in [0.15, 0.2) is 4.42 Å². The lowest BCUT2D eigenvalue weighted by atomic mass is 9.86. The summed E-state index contributed by atoms with van der Waals surface area (Å²) in [6.07, 6.45) is 4.66. The Hall–Kier alpha value is -0.980. The summed E-state index contributed by atoms with van der Waals surface area (Å²) in [6, 6.07) is 0. The summed E-state index contributed by atoms with van der Waals surface area (Å²) in [5.74, 6) is 2.17. The highest BCUT2D eigenvalue weighted by atomic mass is 16.5. The Labute approximate surface area is 125 Å². The van der Waals surface area contributed by atoms with Crippen molar-refractivity contribution < 1.29 is 9.15 Å². The number of likely N-dealkylation sites (N-methyl/N-ethyl adjacent to an activating group) is 1. The number of rotatable bonds is 3. The molecule has 0 amide bonds. The van der Waals surface area contributed by atoms with Gasteiger partial charge in [-0.15, -0.1) is 10.2 Å². The first kappa shape index (κ1) is 13.7. The largest absolute Gasteiger partial charge is 0.424 e. The van der Waals surface area contributed by atoms with Crippen molar-refractivity contribution in [3.63, 3.8) is 0 Å². The van der Waals surface area contributed by atoms with Crippen LogP contribution in [0.5, 0.6) is 0 Å². The van der Waals surface area contributed by atoms with Gasteiger partial charge in [-0.25, -0.2) is 0 Å². The molecule has 3 heterocycles. The molecule has 1 aromatic rings. The van der Waals surface area contributed by atoms with E-state index in [1.54, 1.807) is 0 Å². The van der Waals surface area contributed by atoms with Crippen LogP contribution in [-0.2, 0) is 11.3 Å². The molecular weight excluding hydrogens is 268 g/mol. The van der Waals surface area contributed by atoms with Gasteiger partial charge in [0.25, 0.3) is 0 Å². The molecule has 0 radical (unpaired) electrons. The number of hydrogen-bond acceptors (Lipinski definition) is 6. The van der Waals surface area contributed by atoms with Crippen LogP contribution in [-0.4, -0.2) is 65.4 Å². The van der Waals surface area contributed by atoms with Crippen LogP contribution in [0.4, 0.5) is 0 Å². The lowest BCUT2D eigenvalue weighted by Crippen LogP contribution is -2.62. The minimum atomic E-state index is 0.274. The van der Waals surface area contributed by atoms with Crippen LogP contribution in [0.2, 0.25) is 0 Å². The molecule has 0 unspecified atom stereocenters. The number of piperazine rings is 1. The van der Waals surface area contributed by atoms with Gasteiger partial charge in [0, 0.05) is 44.3 Å². The first-order valence-electron chi connectivity index (χ1n) is 8.09. The van der Waals surface area contributed by atoms with Crippen molar-refractivity contribution in [3.8, 4) is 0 Å². The Morgan fingerprint density at radius 1 is 1.19 bits per heavy atom. The summed E-state index contributed by atoms with van der Waals surface area (Å²) in [6.45, 7) is 5.79. The Kier molecular flexibility index (Phi) is 3.47. The second-order valence-electron chi connectivity index (χ2n) is 6.78. The van der Waals surface area contributed by atoms with Gasteiger partial charge in [-0.3, -0.25) is 9.80 Å². The molecule has 0 N–H and O–H groups in total. The number of hydrogen-bond donors (Lipinski definition) is 0. The van der Waals surface area contributed by atoms with Crippen molar-refractivity contribution >= 4 is 0 Å². The minimum absolute atomic E-state index is 0.274. The van der Waals surface area contributed by atoms with Gasteiger partial charge in [0.05, 0.1) is 6.54 Å². The second-order valence-corrected chi connectivity index (χ2v) is 6.78. The third-order valence-corrected chi connectivity index (χ3v) is 5.27. The summed E-state index contributed by atoms with van der Waals surface area (Å²) >= 11 is 0. The van der Waals surface area contributed by atoms with Crippen LogP contribution in [0.1, 0.15) is 43.4 Å². The lowest BCUT2D eigenvalue weighted by Gasteiger charge is -2.51. The van der Waals surface area contributed by atoms with Crippen molar-refractivity contribution in [2.45, 2.75) is 43.7 Å². The van der Waals surface area contributed by atoms with Gasteiger partial charge in [0.1, 0.15) is 0 Å². The van der Waals surface area contributed by atoms with E-state index in [1.807, 2.05) is 0 Å². The van der Waals surface area contributed by atoms with Crippen LogP contribution < -0.4 is 0 Å². The Bertz CT molecular complexity index is 494. The zero-order chi connectivity index (χ0) is 14.3. The van der Waals surface area contributed by atoms with Gasteiger partial charge < -0.3 is 9.15 Å². The summed E-state index contributed by atoms with van der Waals surface area (Å²) < 4.78 is 11.4. The topological polar surface area (TPSA) is 54.6 Å². The second kappa shape index (κ2) is 5.34. The fourth-order valence-corrected chi connectivity index (χ4v) is 3.59. The van der Waals surface area contributed by atoms with Gasteiger partial charge in [-0.2, -0.15) is 0 Å². The van der Waals surface area contributed by atoms with Crippen LogP contribution in [0.25, 0.3) is 0 Å². The minimum Gasteiger partial charge on any atom is -0.424 e. The van der Waals surface area contributed by atoms with Gasteiger partial charge in [0.2, 0.25) is 11.8 Å². The SMILES string of the molecule is CN1CCN(Cc2nnc(C3CC3)o2)CC12CCOCC2. The molecule has 2 saturated heterocycles. The standard InChI is InChI=1S/C15H24N4O2/c1-18-6-7-19(11-15(18)4-8-20-9-5-15)10-13-16-17-14(21-13)12-2-3-12/h12H,2-11H2,1H3. The fourth-order valence-electron chi connectivity index (χ4n) is 3.59. The van der Waals surface area contributed by atoms with E-state index in [4.69, 9.17) is 9.15 Å². The number of aromatic nitrogens is 2. The molecule has 3 aliphatic rings. The predicted octanol–water partition coefficient (Wildman–Crippen LogP) is 1.24. The third-order valence-electron chi connectivity index (χ3n) is 5.27. The van der Waals surface area contributed by atoms with E-state index >= 15 is 0 Å². The molecule has 3 fully saturated rings. The van der Waals surface area contributed by atoms with Crippen LogP contribution in [0.3, 0.4) is 0 Å². The molecule has 1 aromatic heterocycles. The molecule has 0 bridgehead atoms. The molecule has 6 nitrogen and oxygen atoms in total. The smallest absolute Gasteiger partial charge is 0.230 e. The summed E-state index contributed by atoms with van der Waals surface area (Å²) in [5, 5.41) is 8.42. The molecular formula is C15H24N4O2. The average Bonchev–Trinajstić information content (AvgIpc) is 3.25. The maximum Gasteiger partial charge on any atom is 0.230 e. The van der Waals surface area contributed by atoms with Gasteiger partial charge in [-0.05, 0) is 32.7 Å². The van der Waals surface area contributed by atoms with Crippen LogP contribution in [0, 0.1) is 0 Å². The molecule has 0 aromatic carbocycles. The van der Waals surface area contributed by atoms with E-state index in [2.05, 4.69) is 27.0 Å². The van der Waals surface area contributed by atoms with Crippen molar-refractivity contribution in [1.29, 1.82) is 0 Å². The molecule has 116 valence electrons. The maximum absolute atomic E-state index is 5.81. The quantitative estimate of drug-likeness (QED) is 0.835. The van der Waals surface area contributed by atoms with E-state index in [1.165, 1.54) is 12.8 Å². The molecule has 0 atom stereocenters. The summed E-state index contributed by atoms with van der Waals surface area (Å²) in [4.78, 5) is 4.99. The van der Waals surface area contributed by atoms with Crippen molar-refractivity contribution in [1.82, 2.24) is 20.0 Å². The highest BCUT2D eigenvalue weighted by Gasteiger charge is 2.41. The Morgan fingerprint density at radius 2 is 2.00 bits per heavy atom. The molecule has 1 spiro atoms. The lowest BCUT2D eigenvalue weighted by molar-refractivity contribution is -0.0638. The molecule has 21 heavy (non-hydrogen) atoms. The van der Waals surface area contributed by atoms with E-state index < -0.39 is 0 Å². The molecule has 1 aliphatic carbocycles. The zero-order valence-corrected chi connectivity index (χ0v) is 12.8. The normalized spacial score (nSPS) is 27.3. The first-order chi connectivity index (χ1) is 10.3. The highest BCUT2D eigenvalue weighted by Crippen LogP contribution is 2.39. The van der Waals surface area contributed by atoms with E-state index in [0.717, 1.165) is 64.0 Å². The Balaban J connectivity index is 1.42. The Morgan fingerprint density at radius 3 is 2.76 bits per heavy atom. The van der Waals surface area contributed by atoms with Crippen molar-refractivity contribution in [2.75, 3.05) is 39.9 Å². The van der Waals surface area contributed by atoms with E-state index in [-0.39, 0.29) is 5.54 Å². The summed E-state index contributed by atoms with van der Waals surface area (Å²) in [5.41, 5.74) is 0.274. The van der Waals surface area contributed by atoms with Gasteiger partial charge >= 0.3 is 0 Å².